The number of carboxylic acid groups (broad SMARTS) is 1. The van der Waals surface area contributed by atoms with Gasteiger partial charge in [0.1, 0.15) is 5.76 Å². The lowest BCUT2D eigenvalue weighted by atomic mass is 9.95. The molecule has 0 saturated heterocycles. The van der Waals surface area contributed by atoms with Gasteiger partial charge in [-0.15, -0.1) is 0 Å². The van der Waals surface area contributed by atoms with E-state index in [0.717, 1.165) is 22.3 Å². The van der Waals surface area contributed by atoms with Gasteiger partial charge in [-0.2, -0.15) is 0 Å². The zero-order chi connectivity index (χ0) is 17.0. The standard InChI is InChI=1S/C19H19ClO3/c1-12-7-8-15(14-5-4-6-17(20)10-14)9-16(12)11-18(19(21)22)13(2)23-3/h4-10H,11H2,1-3H3,(H,21,22). The number of aliphatic carboxylic acids is 1. The summed E-state index contributed by atoms with van der Waals surface area (Å²) in [5.41, 5.74) is 4.27. The minimum absolute atomic E-state index is 0.263. The summed E-state index contributed by atoms with van der Waals surface area (Å²) in [7, 11) is 1.48. The van der Waals surface area contributed by atoms with Crippen LogP contribution in [0.15, 0.2) is 53.8 Å². The van der Waals surface area contributed by atoms with Crippen LogP contribution in [0.25, 0.3) is 11.1 Å². The van der Waals surface area contributed by atoms with E-state index in [1.807, 2.05) is 49.4 Å². The van der Waals surface area contributed by atoms with Crippen LogP contribution in [0.2, 0.25) is 5.02 Å². The minimum Gasteiger partial charge on any atom is -0.501 e. The van der Waals surface area contributed by atoms with Gasteiger partial charge in [-0.05, 0) is 48.2 Å². The molecule has 0 heterocycles. The Morgan fingerprint density at radius 2 is 1.87 bits per heavy atom. The first-order chi connectivity index (χ1) is 10.9. The normalized spacial score (nSPS) is 11.8. The van der Waals surface area contributed by atoms with E-state index < -0.39 is 5.97 Å². The number of ether oxygens (including phenoxy) is 1. The van der Waals surface area contributed by atoms with Crippen molar-refractivity contribution in [2.75, 3.05) is 7.11 Å². The quantitative estimate of drug-likeness (QED) is 0.629. The van der Waals surface area contributed by atoms with Crippen LogP contribution in [-0.2, 0) is 16.0 Å². The molecule has 2 rings (SSSR count). The van der Waals surface area contributed by atoms with Crippen molar-refractivity contribution < 1.29 is 14.6 Å². The van der Waals surface area contributed by atoms with Gasteiger partial charge in [0, 0.05) is 11.4 Å². The van der Waals surface area contributed by atoms with Gasteiger partial charge < -0.3 is 9.84 Å². The summed E-state index contributed by atoms with van der Waals surface area (Å²) >= 11 is 6.05. The molecule has 0 unspecified atom stereocenters. The monoisotopic (exact) mass is 330 g/mol. The Labute approximate surface area is 141 Å². The summed E-state index contributed by atoms with van der Waals surface area (Å²) in [5, 5.41) is 10.1. The number of rotatable bonds is 5. The summed E-state index contributed by atoms with van der Waals surface area (Å²) in [5.74, 6) is -0.540. The second-order valence-electron chi connectivity index (χ2n) is 5.37. The Morgan fingerprint density at radius 3 is 2.48 bits per heavy atom. The maximum Gasteiger partial charge on any atom is 0.335 e. The molecule has 1 N–H and O–H groups in total. The van der Waals surface area contributed by atoms with E-state index >= 15 is 0 Å². The van der Waals surface area contributed by atoms with Gasteiger partial charge in [-0.1, -0.05) is 41.9 Å². The topological polar surface area (TPSA) is 46.5 Å². The first-order valence-corrected chi connectivity index (χ1v) is 7.62. The molecule has 0 aliphatic carbocycles. The number of carboxylic acids is 1. The smallest absolute Gasteiger partial charge is 0.335 e. The predicted octanol–water partition coefficient (Wildman–Crippen LogP) is 4.86. The number of aryl methyl sites for hydroxylation is 1. The van der Waals surface area contributed by atoms with Crippen molar-refractivity contribution >= 4 is 17.6 Å². The zero-order valence-electron chi connectivity index (χ0n) is 13.4. The average Bonchev–Trinajstić information content (AvgIpc) is 2.53. The zero-order valence-corrected chi connectivity index (χ0v) is 14.1. The molecule has 0 radical (unpaired) electrons. The molecule has 2 aromatic rings. The molecule has 0 saturated carbocycles. The Morgan fingerprint density at radius 1 is 1.17 bits per heavy atom. The molecule has 4 heteroatoms. The molecule has 0 spiro atoms. The van der Waals surface area contributed by atoms with Gasteiger partial charge in [-0.3, -0.25) is 0 Å². The second-order valence-corrected chi connectivity index (χ2v) is 5.81. The maximum absolute atomic E-state index is 11.5. The SMILES string of the molecule is COC(C)=C(Cc1cc(-c2cccc(Cl)c2)ccc1C)C(=O)O. The fraction of sp³-hybridized carbons (Fsp3) is 0.211. The first-order valence-electron chi connectivity index (χ1n) is 7.25. The van der Waals surface area contributed by atoms with E-state index in [-0.39, 0.29) is 5.57 Å². The van der Waals surface area contributed by atoms with E-state index in [1.165, 1.54) is 7.11 Å². The molecule has 0 aliphatic heterocycles. The lowest BCUT2D eigenvalue weighted by molar-refractivity contribution is -0.133. The highest BCUT2D eigenvalue weighted by Gasteiger charge is 2.15. The molecule has 120 valence electrons. The lowest BCUT2D eigenvalue weighted by Gasteiger charge is -2.12. The molecule has 3 nitrogen and oxygen atoms in total. The molecular formula is C19H19ClO3. The first kappa shape index (κ1) is 17.1. The molecule has 0 fully saturated rings. The van der Waals surface area contributed by atoms with Crippen LogP contribution in [0.4, 0.5) is 0 Å². The van der Waals surface area contributed by atoms with Crippen LogP contribution < -0.4 is 0 Å². The number of carbonyl (C=O) groups is 1. The number of allylic oxidation sites excluding steroid dienone is 1. The number of hydrogen-bond acceptors (Lipinski definition) is 2. The highest BCUT2D eigenvalue weighted by molar-refractivity contribution is 6.30. The minimum atomic E-state index is -0.961. The number of halogens is 1. The van der Waals surface area contributed by atoms with Crippen molar-refractivity contribution in [2.45, 2.75) is 20.3 Å². The third-order valence-corrected chi connectivity index (χ3v) is 4.10. The number of hydrogen-bond donors (Lipinski definition) is 1. The summed E-state index contributed by atoms with van der Waals surface area (Å²) < 4.78 is 5.10. The largest absolute Gasteiger partial charge is 0.501 e. The summed E-state index contributed by atoms with van der Waals surface area (Å²) in [6.07, 6.45) is 0.315. The van der Waals surface area contributed by atoms with Crippen LogP contribution in [0, 0.1) is 6.92 Å². The van der Waals surface area contributed by atoms with Crippen LogP contribution in [-0.4, -0.2) is 18.2 Å². The average molecular weight is 331 g/mol. The Hall–Kier alpha value is -2.26. The van der Waals surface area contributed by atoms with Crippen molar-refractivity contribution in [1.82, 2.24) is 0 Å². The number of benzene rings is 2. The van der Waals surface area contributed by atoms with Crippen molar-refractivity contribution in [3.05, 3.63) is 69.9 Å². The van der Waals surface area contributed by atoms with Crippen molar-refractivity contribution in [3.63, 3.8) is 0 Å². The van der Waals surface area contributed by atoms with Crippen molar-refractivity contribution in [1.29, 1.82) is 0 Å². The van der Waals surface area contributed by atoms with E-state index in [2.05, 4.69) is 0 Å². The van der Waals surface area contributed by atoms with Crippen molar-refractivity contribution in [2.24, 2.45) is 0 Å². The molecule has 0 bridgehead atoms. The number of methoxy groups -OCH3 is 1. The summed E-state index contributed by atoms with van der Waals surface area (Å²) in [6, 6.07) is 13.6. The highest BCUT2D eigenvalue weighted by Crippen LogP contribution is 2.26. The van der Waals surface area contributed by atoms with Gasteiger partial charge in [0.25, 0.3) is 0 Å². The van der Waals surface area contributed by atoms with E-state index in [4.69, 9.17) is 16.3 Å². The van der Waals surface area contributed by atoms with Gasteiger partial charge in [0.2, 0.25) is 0 Å². The Kier molecular flexibility index (Phi) is 5.45. The third-order valence-electron chi connectivity index (χ3n) is 3.86. The van der Waals surface area contributed by atoms with Crippen LogP contribution in [0.1, 0.15) is 18.1 Å². The van der Waals surface area contributed by atoms with Gasteiger partial charge >= 0.3 is 5.97 Å². The van der Waals surface area contributed by atoms with Gasteiger partial charge in [-0.25, -0.2) is 4.79 Å². The van der Waals surface area contributed by atoms with Gasteiger partial charge in [0.05, 0.1) is 12.7 Å². The van der Waals surface area contributed by atoms with Crippen LogP contribution >= 0.6 is 11.6 Å². The fourth-order valence-corrected chi connectivity index (χ4v) is 2.56. The Balaban J connectivity index is 2.44. The van der Waals surface area contributed by atoms with E-state index in [9.17, 15) is 9.90 Å². The molecule has 23 heavy (non-hydrogen) atoms. The van der Waals surface area contributed by atoms with Crippen molar-refractivity contribution in [3.8, 4) is 11.1 Å². The van der Waals surface area contributed by atoms with Crippen LogP contribution in [0.3, 0.4) is 0 Å². The predicted molar refractivity (Wildman–Crippen MR) is 92.7 cm³/mol. The summed E-state index contributed by atoms with van der Waals surface area (Å²) in [4.78, 5) is 11.5. The van der Waals surface area contributed by atoms with E-state index in [1.54, 1.807) is 6.92 Å². The lowest BCUT2D eigenvalue weighted by Crippen LogP contribution is -2.08. The molecular weight excluding hydrogens is 312 g/mol. The molecule has 0 atom stereocenters. The third kappa shape index (κ3) is 4.14. The molecule has 0 aliphatic rings. The molecule has 2 aromatic carbocycles. The maximum atomic E-state index is 11.5. The van der Waals surface area contributed by atoms with Crippen LogP contribution in [0.5, 0.6) is 0 Å². The van der Waals surface area contributed by atoms with Gasteiger partial charge in [0.15, 0.2) is 0 Å². The Bertz CT molecular complexity index is 763. The fourth-order valence-electron chi connectivity index (χ4n) is 2.37. The highest BCUT2D eigenvalue weighted by atomic mass is 35.5. The van der Waals surface area contributed by atoms with E-state index in [0.29, 0.717) is 17.2 Å². The molecule has 0 amide bonds. The second kappa shape index (κ2) is 7.34. The molecule has 0 aromatic heterocycles. The summed E-state index contributed by atoms with van der Waals surface area (Å²) in [6.45, 7) is 3.64.